The molecule has 2 heterocycles. The van der Waals surface area contributed by atoms with Crippen LogP contribution in [0.4, 0.5) is 9.18 Å². The molecule has 1 saturated heterocycles. The van der Waals surface area contributed by atoms with Crippen LogP contribution in [0.15, 0.2) is 30.5 Å². The fraction of sp³-hybridized carbons (Fsp3) is 0.577. The average Bonchev–Trinajstić information content (AvgIpc) is 3.24. The highest BCUT2D eigenvalue weighted by Crippen LogP contribution is 2.33. The SMILES string of the molecule is CC(C)(C)OC(=O)N1CCC(c2c(C(=O)NC3CCCCC3)cnn2-c2ccc(F)cc2)CC1. The number of hydrogen-bond acceptors (Lipinski definition) is 4. The van der Waals surface area contributed by atoms with Gasteiger partial charge < -0.3 is 15.0 Å². The molecule has 2 aromatic rings. The van der Waals surface area contributed by atoms with E-state index in [2.05, 4.69) is 10.4 Å². The first-order chi connectivity index (χ1) is 16.2. The van der Waals surface area contributed by atoms with E-state index in [1.165, 1.54) is 18.6 Å². The van der Waals surface area contributed by atoms with Crippen LogP contribution < -0.4 is 5.32 Å². The first-order valence-corrected chi connectivity index (χ1v) is 12.3. The number of nitrogens with zero attached hydrogens (tertiary/aromatic N) is 3. The Balaban J connectivity index is 1.56. The fourth-order valence-electron chi connectivity index (χ4n) is 4.89. The zero-order chi connectivity index (χ0) is 24.3. The van der Waals surface area contributed by atoms with Crippen LogP contribution >= 0.6 is 0 Å². The molecule has 1 N–H and O–H groups in total. The van der Waals surface area contributed by atoms with E-state index >= 15 is 0 Å². The molecule has 2 amide bonds. The lowest BCUT2D eigenvalue weighted by atomic mass is 9.90. The van der Waals surface area contributed by atoms with Crippen molar-refractivity contribution in [2.75, 3.05) is 13.1 Å². The summed E-state index contributed by atoms with van der Waals surface area (Å²) in [5, 5.41) is 7.74. The minimum absolute atomic E-state index is 0.0401. The van der Waals surface area contributed by atoms with Gasteiger partial charge >= 0.3 is 6.09 Å². The fourth-order valence-corrected chi connectivity index (χ4v) is 4.89. The lowest BCUT2D eigenvalue weighted by molar-refractivity contribution is 0.0203. The molecule has 184 valence electrons. The third-order valence-electron chi connectivity index (χ3n) is 6.60. The molecule has 2 fully saturated rings. The van der Waals surface area contributed by atoms with Crippen LogP contribution in [-0.4, -0.2) is 51.4 Å². The molecule has 1 aromatic carbocycles. The maximum Gasteiger partial charge on any atom is 0.410 e. The van der Waals surface area contributed by atoms with Gasteiger partial charge in [-0.1, -0.05) is 19.3 Å². The molecule has 0 unspecified atom stereocenters. The van der Waals surface area contributed by atoms with Gasteiger partial charge in [-0.25, -0.2) is 13.9 Å². The summed E-state index contributed by atoms with van der Waals surface area (Å²) >= 11 is 0. The van der Waals surface area contributed by atoms with Crippen molar-refractivity contribution < 1.29 is 18.7 Å². The van der Waals surface area contributed by atoms with Crippen LogP contribution in [0.25, 0.3) is 5.69 Å². The zero-order valence-electron chi connectivity index (χ0n) is 20.3. The lowest BCUT2D eigenvalue weighted by Gasteiger charge is -2.34. The second kappa shape index (κ2) is 10.2. The number of aromatic nitrogens is 2. The Labute approximate surface area is 200 Å². The maximum atomic E-state index is 13.5. The van der Waals surface area contributed by atoms with Gasteiger partial charge in [0.1, 0.15) is 11.4 Å². The lowest BCUT2D eigenvalue weighted by Crippen LogP contribution is -2.42. The summed E-state index contributed by atoms with van der Waals surface area (Å²) in [6.45, 7) is 6.65. The third-order valence-corrected chi connectivity index (χ3v) is 6.60. The number of carbonyl (C=O) groups is 2. The number of halogens is 1. The van der Waals surface area contributed by atoms with Gasteiger partial charge in [-0.2, -0.15) is 5.10 Å². The standard InChI is InChI=1S/C26H35FN4O3/c1-26(2,3)34-25(33)30-15-13-18(14-16-30)23-22(24(32)29-20-7-5-4-6-8-20)17-28-31(23)21-11-9-19(27)10-12-21/h9-12,17-18,20H,4-8,13-16H2,1-3H3,(H,29,32). The van der Waals surface area contributed by atoms with Crippen LogP contribution in [0.5, 0.6) is 0 Å². The molecule has 0 bridgehead atoms. The van der Waals surface area contributed by atoms with Gasteiger partial charge in [0, 0.05) is 25.0 Å². The summed E-state index contributed by atoms with van der Waals surface area (Å²) in [5.41, 5.74) is 1.55. The molecule has 0 spiro atoms. The summed E-state index contributed by atoms with van der Waals surface area (Å²) < 4.78 is 20.8. The highest BCUT2D eigenvalue weighted by Gasteiger charge is 2.32. The molecule has 34 heavy (non-hydrogen) atoms. The number of amides is 2. The minimum atomic E-state index is -0.542. The second-order valence-corrected chi connectivity index (χ2v) is 10.4. The summed E-state index contributed by atoms with van der Waals surface area (Å²) in [6.07, 6.45) is 8.18. The van der Waals surface area contributed by atoms with Gasteiger partial charge in [-0.15, -0.1) is 0 Å². The van der Waals surface area contributed by atoms with Crippen LogP contribution in [0.1, 0.15) is 87.7 Å². The van der Waals surface area contributed by atoms with Crippen molar-refractivity contribution in [1.82, 2.24) is 20.0 Å². The molecule has 4 rings (SSSR count). The monoisotopic (exact) mass is 470 g/mol. The number of piperidine rings is 1. The van der Waals surface area contributed by atoms with Crippen LogP contribution in [0, 0.1) is 5.82 Å². The Kier molecular flexibility index (Phi) is 7.24. The Morgan fingerprint density at radius 2 is 1.68 bits per heavy atom. The number of likely N-dealkylation sites (tertiary alicyclic amines) is 1. The number of rotatable bonds is 4. The summed E-state index contributed by atoms with van der Waals surface area (Å²) in [6, 6.07) is 6.33. The largest absolute Gasteiger partial charge is 0.444 e. The van der Waals surface area contributed by atoms with Crippen molar-refractivity contribution in [1.29, 1.82) is 0 Å². The van der Waals surface area contributed by atoms with Gasteiger partial charge in [0.2, 0.25) is 0 Å². The van der Waals surface area contributed by atoms with Gasteiger partial charge in [-0.05, 0) is 70.7 Å². The van der Waals surface area contributed by atoms with Crippen molar-refractivity contribution in [2.45, 2.75) is 83.3 Å². The van der Waals surface area contributed by atoms with E-state index in [9.17, 15) is 14.0 Å². The van der Waals surface area contributed by atoms with E-state index < -0.39 is 5.60 Å². The van der Waals surface area contributed by atoms with E-state index in [0.717, 1.165) is 31.4 Å². The number of carbonyl (C=O) groups excluding carboxylic acids is 2. The Bertz CT molecular complexity index is 998. The third kappa shape index (κ3) is 5.77. The van der Waals surface area contributed by atoms with E-state index in [1.807, 2.05) is 20.8 Å². The highest BCUT2D eigenvalue weighted by atomic mass is 19.1. The van der Waals surface area contributed by atoms with Crippen molar-refractivity contribution >= 4 is 12.0 Å². The second-order valence-electron chi connectivity index (χ2n) is 10.4. The van der Waals surface area contributed by atoms with Crippen molar-refractivity contribution in [2.24, 2.45) is 0 Å². The van der Waals surface area contributed by atoms with Gasteiger partial charge in [-0.3, -0.25) is 4.79 Å². The molecule has 1 aliphatic carbocycles. The van der Waals surface area contributed by atoms with Crippen LogP contribution in [-0.2, 0) is 4.74 Å². The average molecular weight is 471 g/mol. The van der Waals surface area contributed by atoms with Crippen LogP contribution in [0.3, 0.4) is 0 Å². The molecule has 1 saturated carbocycles. The number of benzene rings is 1. The minimum Gasteiger partial charge on any atom is -0.444 e. The zero-order valence-corrected chi connectivity index (χ0v) is 20.3. The normalized spacial score (nSPS) is 18.1. The van der Waals surface area contributed by atoms with Crippen LogP contribution in [0.2, 0.25) is 0 Å². The first-order valence-electron chi connectivity index (χ1n) is 12.3. The van der Waals surface area contributed by atoms with Gasteiger partial charge in [0.25, 0.3) is 5.91 Å². The molecular formula is C26H35FN4O3. The Hall–Kier alpha value is -2.90. The smallest absolute Gasteiger partial charge is 0.410 e. The highest BCUT2D eigenvalue weighted by molar-refractivity contribution is 5.95. The molecule has 8 heteroatoms. The number of nitrogens with one attached hydrogen (secondary N) is 1. The molecule has 1 aliphatic heterocycles. The van der Waals surface area contributed by atoms with E-state index in [4.69, 9.17) is 4.74 Å². The molecular weight excluding hydrogens is 435 g/mol. The first kappa shape index (κ1) is 24.2. The molecule has 0 atom stereocenters. The van der Waals surface area contributed by atoms with E-state index in [-0.39, 0.29) is 29.8 Å². The molecule has 2 aliphatic rings. The van der Waals surface area contributed by atoms with E-state index in [0.29, 0.717) is 37.2 Å². The Morgan fingerprint density at radius 1 is 1.03 bits per heavy atom. The molecule has 1 aromatic heterocycles. The number of hydrogen-bond donors (Lipinski definition) is 1. The predicted molar refractivity (Wildman–Crippen MR) is 128 cm³/mol. The molecule has 0 radical (unpaired) electrons. The summed E-state index contributed by atoms with van der Waals surface area (Å²) in [7, 11) is 0. The summed E-state index contributed by atoms with van der Waals surface area (Å²) in [5.74, 6) is -0.387. The predicted octanol–water partition coefficient (Wildman–Crippen LogP) is 5.19. The van der Waals surface area contributed by atoms with Gasteiger partial charge in [0.05, 0.1) is 23.1 Å². The molecule has 7 nitrogen and oxygen atoms in total. The Morgan fingerprint density at radius 3 is 2.29 bits per heavy atom. The number of ether oxygens (including phenoxy) is 1. The van der Waals surface area contributed by atoms with Crippen molar-refractivity contribution in [3.63, 3.8) is 0 Å². The topological polar surface area (TPSA) is 76.5 Å². The summed E-state index contributed by atoms with van der Waals surface area (Å²) in [4.78, 5) is 27.5. The van der Waals surface area contributed by atoms with Crippen molar-refractivity contribution in [3.05, 3.63) is 47.5 Å². The van der Waals surface area contributed by atoms with E-state index in [1.54, 1.807) is 27.9 Å². The quantitative estimate of drug-likeness (QED) is 0.667. The van der Waals surface area contributed by atoms with Crippen molar-refractivity contribution in [3.8, 4) is 5.69 Å². The maximum absolute atomic E-state index is 13.5. The van der Waals surface area contributed by atoms with Gasteiger partial charge in [0.15, 0.2) is 0 Å².